The molecule has 0 radical (unpaired) electrons. The largest absolute Gasteiger partial charge is 0.489 e. The second kappa shape index (κ2) is 7.66. The van der Waals surface area contributed by atoms with Crippen LogP contribution in [0.4, 0.5) is 0 Å². The third kappa shape index (κ3) is 4.12. The van der Waals surface area contributed by atoms with Gasteiger partial charge in [-0.05, 0) is 45.9 Å². The molecular weight excluding hydrogens is 388 g/mol. The van der Waals surface area contributed by atoms with Gasteiger partial charge >= 0.3 is 5.97 Å². The first-order valence-corrected chi connectivity index (χ1v) is 9.53. The van der Waals surface area contributed by atoms with E-state index in [-0.39, 0.29) is 12.5 Å². The Kier molecular flexibility index (Phi) is 5.48. The molecule has 9 heteroatoms. The summed E-state index contributed by atoms with van der Waals surface area (Å²) in [4.78, 5) is 11.0. The Balaban J connectivity index is 1.92. The quantitative estimate of drug-likeness (QED) is 0.663. The molecule has 2 heterocycles. The lowest BCUT2D eigenvalue weighted by molar-refractivity contribution is -0.136. The number of aromatic nitrogens is 4. The van der Waals surface area contributed by atoms with E-state index in [4.69, 9.17) is 21.4 Å². The van der Waals surface area contributed by atoms with Gasteiger partial charge in [0, 0.05) is 16.8 Å². The molecule has 0 saturated carbocycles. The van der Waals surface area contributed by atoms with Gasteiger partial charge in [-0.2, -0.15) is 5.10 Å². The molecule has 0 amide bonds. The lowest BCUT2D eigenvalue weighted by Crippen LogP contribution is -2.05. The van der Waals surface area contributed by atoms with Gasteiger partial charge < -0.3 is 9.84 Å². The molecule has 0 atom stereocenters. The van der Waals surface area contributed by atoms with Gasteiger partial charge in [-0.3, -0.25) is 4.79 Å². The molecule has 3 aromatic rings. The van der Waals surface area contributed by atoms with Crippen LogP contribution in [0.15, 0.2) is 18.2 Å². The second-order valence-electron chi connectivity index (χ2n) is 6.33. The van der Waals surface area contributed by atoms with E-state index in [0.29, 0.717) is 32.2 Å². The molecule has 27 heavy (non-hydrogen) atoms. The molecule has 0 aliphatic rings. The number of carboxylic acid groups (broad SMARTS) is 1. The highest BCUT2D eigenvalue weighted by Crippen LogP contribution is 2.33. The van der Waals surface area contributed by atoms with E-state index in [2.05, 4.69) is 15.3 Å². The zero-order chi connectivity index (χ0) is 19.7. The van der Waals surface area contributed by atoms with Crippen molar-refractivity contribution in [2.75, 3.05) is 0 Å². The van der Waals surface area contributed by atoms with Crippen molar-refractivity contribution in [3.8, 4) is 21.5 Å². The Labute approximate surface area is 165 Å². The number of carbonyl (C=O) groups is 1. The van der Waals surface area contributed by atoms with E-state index in [1.807, 2.05) is 32.9 Å². The molecular formula is C18H19ClN4O3S. The van der Waals surface area contributed by atoms with Gasteiger partial charge in [0.05, 0.1) is 23.2 Å². The van der Waals surface area contributed by atoms with Gasteiger partial charge in [0.2, 0.25) is 5.13 Å². The minimum Gasteiger partial charge on any atom is -0.489 e. The van der Waals surface area contributed by atoms with Gasteiger partial charge in [-0.15, -0.1) is 10.2 Å². The number of halogens is 1. The molecule has 0 fully saturated rings. The Hall–Kier alpha value is -2.45. The Morgan fingerprint density at radius 1 is 1.33 bits per heavy atom. The summed E-state index contributed by atoms with van der Waals surface area (Å²) in [6, 6.07) is 5.48. The number of aryl methyl sites for hydroxylation is 1. The first-order valence-electron chi connectivity index (χ1n) is 8.33. The minimum atomic E-state index is -0.892. The predicted octanol–water partition coefficient (Wildman–Crippen LogP) is 4.08. The summed E-state index contributed by atoms with van der Waals surface area (Å²) in [5, 5.41) is 23.7. The fraction of sp³-hybridized carbons (Fsp3) is 0.333. The van der Waals surface area contributed by atoms with Crippen molar-refractivity contribution in [1.82, 2.24) is 20.0 Å². The standard InChI is InChI=1S/C18H19ClN4O3S/c1-9(2)26-15-6-5-12(7-14(15)19)17-20-21-18(27-17)23-11(4)13(8-16(24)25)10(3)22-23/h5-7,9H,8H2,1-4H3,(H,24,25). The number of ether oxygens (including phenoxy) is 1. The average molecular weight is 407 g/mol. The number of benzene rings is 1. The Morgan fingerprint density at radius 3 is 2.70 bits per heavy atom. The molecule has 0 aliphatic heterocycles. The molecule has 1 aromatic carbocycles. The smallest absolute Gasteiger partial charge is 0.307 e. The Morgan fingerprint density at radius 2 is 2.07 bits per heavy atom. The molecule has 1 N–H and O–H groups in total. The summed E-state index contributed by atoms with van der Waals surface area (Å²) in [7, 11) is 0. The highest BCUT2D eigenvalue weighted by molar-refractivity contribution is 7.17. The SMILES string of the molecule is Cc1nn(-c2nnc(-c3ccc(OC(C)C)c(Cl)c3)s2)c(C)c1CC(=O)O. The van der Waals surface area contributed by atoms with Gasteiger partial charge in [-0.25, -0.2) is 4.68 Å². The molecule has 7 nitrogen and oxygen atoms in total. The van der Waals surface area contributed by atoms with Crippen LogP contribution >= 0.6 is 22.9 Å². The van der Waals surface area contributed by atoms with Crippen LogP contribution in [0.5, 0.6) is 5.75 Å². The number of carboxylic acids is 1. The van der Waals surface area contributed by atoms with Crippen molar-refractivity contribution in [3.63, 3.8) is 0 Å². The van der Waals surface area contributed by atoms with Crippen LogP contribution < -0.4 is 4.74 Å². The maximum atomic E-state index is 11.0. The van der Waals surface area contributed by atoms with E-state index in [1.165, 1.54) is 11.3 Å². The van der Waals surface area contributed by atoms with E-state index >= 15 is 0 Å². The third-order valence-electron chi connectivity index (χ3n) is 3.91. The summed E-state index contributed by atoms with van der Waals surface area (Å²) >= 11 is 7.66. The topological polar surface area (TPSA) is 90.1 Å². The van der Waals surface area contributed by atoms with Crippen LogP contribution in [0.25, 0.3) is 15.7 Å². The lowest BCUT2D eigenvalue weighted by atomic mass is 10.1. The fourth-order valence-corrected chi connectivity index (χ4v) is 3.74. The fourth-order valence-electron chi connectivity index (χ4n) is 2.67. The van der Waals surface area contributed by atoms with Crippen LogP contribution in [0.2, 0.25) is 5.02 Å². The number of nitrogens with zero attached hydrogens (tertiary/aromatic N) is 4. The van der Waals surface area contributed by atoms with Crippen molar-refractivity contribution in [2.45, 2.75) is 40.2 Å². The van der Waals surface area contributed by atoms with Gasteiger partial charge in [-0.1, -0.05) is 22.9 Å². The molecule has 0 unspecified atom stereocenters. The van der Waals surface area contributed by atoms with E-state index in [0.717, 1.165) is 11.3 Å². The Bertz CT molecular complexity index is 997. The molecule has 0 aliphatic carbocycles. The van der Waals surface area contributed by atoms with Crippen molar-refractivity contribution in [3.05, 3.63) is 40.2 Å². The van der Waals surface area contributed by atoms with Gasteiger partial charge in [0.15, 0.2) is 0 Å². The maximum Gasteiger partial charge on any atom is 0.307 e. The second-order valence-corrected chi connectivity index (χ2v) is 7.70. The highest BCUT2D eigenvalue weighted by atomic mass is 35.5. The molecule has 0 spiro atoms. The summed E-state index contributed by atoms with van der Waals surface area (Å²) in [5.74, 6) is -0.269. The summed E-state index contributed by atoms with van der Waals surface area (Å²) in [5.41, 5.74) is 2.94. The van der Waals surface area contributed by atoms with Crippen molar-refractivity contribution < 1.29 is 14.6 Å². The molecule has 0 saturated heterocycles. The van der Waals surface area contributed by atoms with E-state index < -0.39 is 5.97 Å². The van der Waals surface area contributed by atoms with E-state index in [9.17, 15) is 4.79 Å². The van der Waals surface area contributed by atoms with Crippen LogP contribution in [-0.4, -0.2) is 37.2 Å². The number of aliphatic carboxylic acids is 1. The first kappa shape index (κ1) is 19.3. The molecule has 3 rings (SSSR count). The zero-order valence-corrected chi connectivity index (χ0v) is 16.9. The van der Waals surface area contributed by atoms with Crippen molar-refractivity contribution in [2.24, 2.45) is 0 Å². The van der Waals surface area contributed by atoms with Crippen LogP contribution in [0, 0.1) is 13.8 Å². The van der Waals surface area contributed by atoms with Crippen molar-refractivity contribution >= 4 is 28.9 Å². The monoisotopic (exact) mass is 406 g/mol. The third-order valence-corrected chi connectivity index (χ3v) is 5.15. The number of hydrogen-bond donors (Lipinski definition) is 1. The van der Waals surface area contributed by atoms with E-state index in [1.54, 1.807) is 17.7 Å². The minimum absolute atomic E-state index is 0.0347. The highest BCUT2D eigenvalue weighted by Gasteiger charge is 2.18. The van der Waals surface area contributed by atoms with Crippen LogP contribution in [0.1, 0.15) is 30.8 Å². The summed E-state index contributed by atoms with van der Waals surface area (Å²) in [6.07, 6.45) is -0.0384. The normalized spacial score (nSPS) is 11.2. The molecule has 142 valence electrons. The summed E-state index contributed by atoms with van der Waals surface area (Å²) in [6.45, 7) is 7.49. The first-order chi connectivity index (χ1) is 12.8. The summed E-state index contributed by atoms with van der Waals surface area (Å²) < 4.78 is 7.28. The number of hydrogen-bond acceptors (Lipinski definition) is 6. The van der Waals surface area contributed by atoms with Gasteiger partial charge in [0.25, 0.3) is 0 Å². The van der Waals surface area contributed by atoms with Crippen molar-refractivity contribution in [1.29, 1.82) is 0 Å². The van der Waals surface area contributed by atoms with Gasteiger partial charge in [0.1, 0.15) is 10.8 Å². The molecule has 0 bridgehead atoms. The lowest BCUT2D eigenvalue weighted by Gasteiger charge is -2.11. The zero-order valence-electron chi connectivity index (χ0n) is 15.4. The van der Waals surface area contributed by atoms with Crippen LogP contribution in [0.3, 0.4) is 0 Å². The predicted molar refractivity (Wildman–Crippen MR) is 104 cm³/mol. The maximum absolute atomic E-state index is 11.0. The average Bonchev–Trinajstić information content (AvgIpc) is 3.16. The van der Waals surface area contributed by atoms with Crippen LogP contribution in [-0.2, 0) is 11.2 Å². The molecule has 2 aromatic heterocycles. The number of rotatable bonds is 6.